The Hall–Kier alpha value is -1.95. The van der Waals surface area contributed by atoms with Crippen molar-refractivity contribution in [1.29, 1.82) is 0 Å². The Morgan fingerprint density at radius 1 is 1.27 bits per heavy atom. The highest BCUT2D eigenvalue weighted by atomic mass is 19.1. The lowest BCUT2D eigenvalue weighted by molar-refractivity contribution is -0.143. The zero-order chi connectivity index (χ0) is 18.7. The number of anilines is 1. The summed E-state index contributed by atoms with van der Waals surface area (Å²) < 4.78 is 19.8. The molecule has 3 rings (SSSR count). The molecule has 5 nitrogen and oxygen atoms in total. The molecule has 1 aromatic rings. The van der Waals surface area contributed by atoms with Crippen LogP contribution in [0.15, 0.2) is 24.3 Å². The Kier molecular flexibility index (Phi) is 5.91. The number of carbonyl (C=O) groups excluding carboxylic acids is 2. The van der Waals surface area contributed by atoms with Crippen molar-refractivity contribution in [1.82, 2.24) is 4.90 Å². The summed E-state index contributed by atoms with van der Waals surface area (Å²) in [5.74, 6) is -0.398. The van der Waals surface area contributed by atoms with Gasteiger partial charge in [-0.2, -0.15) is 0 Å². The molecule has 1 aliphatic heterocycles. The Morgan fingerprint density at radius 3 is 2.73 bits per heavy atom. The van der Waals surface area contributed by atoms with Crippen molar-refractivity contribution in [2.24, 2.45) is 5.92 Å². The third kappa shape index (κ3) is 3.90. The number of hydrogen-bond donors (Lipinski definition) is 0. The topological polar surface area (TPSA) is 49.9 Å². The number of rotatable bonds is 5. The van der Waals surface area contributed by atoms with Crippen molar-refractivity contribution >= 4 is 17.5 Å². The molecule has 1 saturated carbocycles. The highest BCUT2D eigenvalue weighted by Gasteiger charge is 2.38. The molecule has 3 atom stereocenters. The molecule has 3 unspecified atom stereocenters. The molecule has 1 saturated heterocycles. The van der Waals surface area contributed by atoms with Crippen molar-refractivity contribution in [3.05, 3.63) is 30.1 Å². The summed E-state index contributed by atoms with van der Waals surface area (Å²) >= 11 is 0. The van der Waals surface area contributed by atoms with Gasteiger partial charge in [0.15, 0.2) is 0 Å². The molecule has 0 spiro atoms. The molecule has 1 heterocycles. The van der Waals surface area contributed by atoms with Gasteiger partial charge in [0.2, 0.25) is 11.8 Å². The van der Waals surface area contributed by atoms with Crippen molar-refractivity contribution in [3.63, 3.8) is 0 Å². The Bertz CT molecular complexity index is 666. The average molecular weight is 362 g/mol. The predicted molar refractivity (Wildman–Crippen MR) is 97.3 cm³/mol. The number of nitrogens with zero attached hydrogens (tertiary/aromatic N) is 2. The first-order chi connectivity index (χ1) is 12.5. The SMILES string of the molecule is CC1CCCCC1OCC(=O)N(C)C1CCN(c2ccccc2F)C1=O. The van der Waals surface area contributed by atoms with E-state index in [2.05, 4.69) is 6.92 Å². The van der Waals surface area contributed by atoms with Gasteiger partial charge in [-0.15, -0.1) is 0 Å². The second kappa shape index (κ2) is 8.16. The predicted octanol–water partition coefficient (Wildman–Crippen LogP) is 2.98. The van der Waals surface area contributed by atoms with E-state index in [-0.39, 0.29) is 30.2 Å². The van der Waals surface area contributed by atoms with E-state index < -0.39 is 11.9 Å². The molecule has 6 heteroatoms. The van der Waals surface area contributed by atoms with Crippen molar-refractivity contribution in [2.75, 3.05) is 25.1 Å². The molecule has 0 aromatic heterocycles. The van der Waals surface area contributed by atoms with Crippen LogP contribution in [0.25, 0.3) is 0 Å². The number of likely N-dealkylation sites (N-methyl/N-ethyl adjacent to an activating group) is 1. The third-order valence-corrected chi connectivity index (χ3v) is 5.64. The second-order valence-electron chi connectivity index (χ2n) is 7.36. The molecule has 2 aliphatic rings. The van der Waals surface area contributed by atoms with Crippen LogP contribution in [0, 0.1) is 11.7 Å². The van der Waals surface area contributed by atoms with Crippen LogP contribution in [0.3, 0.4) is 0 Å². The van der Waals surface area contributed by atoms with Crippen molar-refractivity contribution < 1.29 is 18.7 Å². The smallest absolute Gasteiger partial charge is 0.249 e. The van der Waals surface area contributed by atoms with Gasteiger partial charge in [0.25, 0.3) is 0 Å². The number of para-hydroxylation sites is 1. The van der Waals surface area contributed by atoms with E-state index in [1.165, 1.54) is 22.3 Å². The number of amides is 2. The lowest BCUT2D eigenvalue weighted by Crippen LogP contribution is -2.45. The van der Waals surface area contributed by atoms with Gasteiger partial charge in [0.05, 0.1) is 11.8 Å². The molecular weight excluding hydrogens is 335 g/mol. The summed E-state index contributed by atoms with van der Waals surface area (Å²) in [6.07, 6.45) is 5.09. The normalized spacial score (nSPS) is 26.2. The summed E-state index contributed by atoms with van der Waals surface area (Å²) in [7, 11) is 1.63. The molecule has 26 heavy (non-hydrogen) atoms. The van der Waals surface area contributed by atoms with E-state index in [9.17, 15) is 14.0 Å². The number of hydrogen-bond acceptors (Lipinski definition) is 3. The molecule has 1 aliphatic carbocycles. The zero-order valence-corrected chi connectivity index (χ0v) is 15.5. The summed E-state index contributed by atoms with van der Waals surface area (Å²) in [6.45, 7) is 2.56. The Labute approximate surface area is 154 Å². The molecule has 2 fully saturated rings. The standard InChI is InChI=1S/C20H27FN2O3/c1-14-7-3-6-10-18(14)26-13-19(24)22(2)17-11-12-23(20(17)25)16-9-5-4-8-15(16)21/h4-5,8-9,14,17-18H,3,6-7,10-13H2,1-2H3. The van der Waals surface area contributed by atoms with Gasteiger partial charge < -0.3 is 14.5 Å². The number of carbonyl (C=O) groups is 2. The minimum Gasteiger partial charge on any atom is -0.368 e. The maximum Gasteiger partial charge on any atom is 0.249 e. The lowest BCUT2D eigenvalue weighted by Gasteiger charge is -2.30. The maximum atomic E-state index is 14.0. The molecular formula is C20H27FN2O3. The van der Waals surface area contributed by atoms with Gasteiger partial charge in [0.1, 0.15) is 18.5 Å². The van der Waals surface area contributed by atoms with E-state index >= 15 is 0 Å². The van der Waals surface area contributed by atoms with Crippen LogP contribution in [-0.2, 0) is 14.3 Å². The van der Waals surface area contributed by atoms with Crippen LogP contribution in [0.4, 0.5) is 10.1 Å². The first-order valence-corrected chi connectivity index (χ1v) is 9.42. The third-order valence-electron chi connectivity index (χ3n) is 5.64. The summed E-state index contributed by atoms with van der Waals surface area (Å²) in [6, 6.07) is 5.66. The van der Waals surface area contributed by atoms with Crippen LogP contribution in [0.1, 0.15) is 39.0 Å². The van der Waals surface area contributed by atoms with Crippen molar-refractivity contribution in [3.8, 4) is 0 Å². The fourth-order valence-electron chi connectivity index (χ4n) is 3.92. The van der Waals surface area contributed by atoms with Gasteiger partial charge in [-0.05, 0) is 37.3 Å². The highest BCUT2D eigenvalue weighted by molar-refractivity contribution is 6.01. The Morgan fingerprint density at radius 2 is 2.00 bits per heavy atom. The first-order valence-electron chi connectivity index (χ1n) is 9.42. The van der Waals surface area contributed by atoms with Crippen LogP contribution in [0.2, 0.25) is 0 Å². The van der Waals surface area contributed by atoms with E-state index in [4.69, 9.17) is 4.74 Å². The lowest BCUT2D eigenvalue weighted by atomic mass is 9.88. The summed E-state index contributed by atoms with van der Waals surface area (Å²) in [5.41, 5.74) is 0.271. The van der Waals surface area contributed by atoms with Gasteiger partial charge >= 0.3 is 0 Å². The molecule has 142 valence electrons. The largest absolute Gasteiger partial charge is 0.368 e. The minimum atomic E-state index is -0.561. The fraction of sp³-hybridized carbons (Fsp3) is 0.600. The van der Waals surface area contributed by atoms with Gasteiger partial charge in [-0.3, -0.25) is 9.59 Å². The van der Waals surface area contributed by atoms with Crippen LogP contribution >= 0.6 is 0 Å². The van der Waals surface area contributed by atoms with E-state index in [1.807, 2.05) is 0 Å². The van der Waals surface area contributed by atoms with Crippen LogP contribution < -0.4 is 4.90 Å². The molecule has 0 radical (unpaired) electrons. The number of benzene rings is 1. The van der Waals surface area contributed by atoms with Crippen molar-refractivity contribution in [2.45, 2.75) is 51.2 Å². The quantitative estimate of drug-likeness (QED) is 0.809. The summed E-state index contributed by atoms with van der Waals surface area (Å²) in [5, 5.41) is 0. The maximum absolute atomic E-state index is 14.0. The fourth-order valence-corrected chi connectivity index (χ4v) is 3.92. The number of halogens is 1. The van der Waals surface area contributed by atoms with E-state index in [0.717, 1.165) is 19.3 Å². The van der Waals surface area contributed by atoms with Crippen LogP contribution in [0.5, 0.6) is 0 Å². The van der Waals surface area contributed by atoms with E-state index in [0.29, 0.717) is 18.9 Å². The first kappa shape index (κ1) is 18.8. The molecule has 0 bridgehead atoms. The van der Waals surface area contributed by atoms with Gasteiger partial charge in [-0.25, -0.2) is 4.39 Å². The van der Waals surface area contributed by atoms with E-state index in [1.54, 1.807) is 25.2 Å². The minimum absolute atomic E-state index is 0.00498. The monoisotopic (exact) mass is 362 g/mol. The second-order valence-corrected chi connectivity index (χ2v) is 7.36. The van der Waals surface area contributed by atoms with Crippen LogP contribution in [-0.4, -0.2) is 49.1 Å². The molecule has 0 N–H and O–H groups in total. The molecule has 2 amide bonds. The molecule has 1 aromatic carbocycles. The number of ether oxygens (including phenoxy) is 1. The highest BCUT2D eigenvalue weighted by Crippen LogP contribution is 2.28. The van der Waals surface area contributed by atoms with Gasteiger partial charge in [-0.1, -0.05) is 31.9 Å². The average Bonchev–Trinajstić information content (AvgIpc) is 3.02. The van der Waals surface area contributed by atoms with Gasteiger partial charge in [0, 0.05) is 13.6 Å². The Balaban J connectivity index is 1.57. The zero-order valence-electron chi connectivity index (χ0n) is 15.5. The summed E-state index contributed by atoms with van der Waals surface area (Å²) in [4.78, 5) is 28.1.